The topological polar surface area (TPSA) is 103 Å². The van der Waals surface area contributed by atoms with Crippen LogP contribution in [0.1, 0.15) is 69.9 Å². The van der Waals surface area contributed by atoms with E-state index in [4.69, 9.17) is 9.84 Å². The lowest BCUT2D eigenvalue weighted by Gasteiger charge is -2.30. The molecule has 2 heterocycles. The van der Waals surface area contributed by atoms with Crippen LogP contribution in [0.2, 0.25) is 0 Å². The van der Waals surface area contributed by atoms with Crippen LogP contribution in [-0.4, -0.2) is 54.2 Å². The van der Waals surface area contributed by atoms with Gasteiger partial charge in [-0.05, 0) is 87.0 Å². The molecule has 190 valence electrons. The SMILES string of the molecule is Cl.N#Cc1ccc2c(c1)[C@@H]1CN(CCC3CCC(NC(=O)c4ccc(C(=O)O)cc4)CC3)C[C@H]1CO2. The van der Waals surface area contributed by atoms with Crippen LogP contribution in [0.15, 0.2) is 42.5 Å². The minimum Gasteiger partial charge on any atom is -0.493 e. The third-order valence-corrected chi connectivity index (χ3v) is 7.94. The van der Waals surface area contributed by atoms with E-state index in [2.05, 4.69) is 16.3 Å². The fraction of sp³-hybridized carbons (Fsp3) is 0.464. The molecule has 1 saturated heterocycles. The molecule has 1 aliphatic carbocycles. The predicted molar refractivity (Wildman–Crippen MR) is 138 cm³/mol. The summed E-state index contributed by atoms with van der Waals surface area (Å²) in [6.45, 7) is 3.91. The average Bonchev–Trinajstić information content (AvgIpc) is 3.32. The second-order valence-corrected chi connectivity index (χ2v) is 10.2. The van der Waals surface area contributed by atoms with Crippen LogP contribution >= 0.6 is 12.4 Å². The molecular formula is C28H32ClN3O4. The van der Waals surface area contributed by atoms with Gasteiger partial charge in [-0.25, -0.2) is 4.79 Å². The van der Waals surface area contributed by atoms with Gasteiger partial charge < -0.3 is 20.1 Å². The van der Waals surface area contributed by atoms with E-state index in [1.165, 1.54) is 24.1 Å². The van der Waals surface area contributed by atoms with Crippen molar-refractivity contribution < 1.29 is 19.4 Å². The first-order valence-electron chi connectivity index (χ1n) is 12.5. The molecule has 0 radical (unpaired) electrons. The van der Waals surface area contributed by atoms with E-state index >= 15 is 0 Å². The number of rotatable bonds is 6. The number of hydrogen-bond donors (Lipinski definition) is 2. The number of nitriles is 1. The lowest BCUT2D eigenvalue weighted by atomic mass is 9.84. The quantitative estimate of drug-likeness (QED) is 0.595. The second-order valence-electron chi connectivity index (χ2n) is 10.2. The number of amides is 1. The van der Waals surface area contributed by atoms with Crippen molar-refractivity contribution in [3.8, 4) is 11.8 Å². The molecule has 36 heavy (non-hydrogen) atoms. The Balaban J connectivity index is 0.00000304. The first kappa shape index (κ1) is 26.0. The normalized spacial score (nSPS) is 24.9. The van der Waals surface area contributed by atoms with Crippen LogP contribution < -0.4 is 10.1 Å². The van der Waals surface area contributed by atoms with Crippen molar-refractivity contribution in [1.29, 1.82) is 5.26 Å². The third kappa shape index (κ3) is 5.66. The van der Waals surface area contributed by atoms with Crippen LogP contribution in [0.4, 0.5) is 0 Å². The van der Waals surface area contributed by atoms with E-state index in [-0.39, 0.29) is 29.9 Å². The van der Waals surface area contributed by atoms with Gasteiger partial charge in [0.25, 0.3) is 5.91 Å². The number of hydrogen-bond acceptors (Lipinski definition) is 5. The van der Waals surface area contributed by atoms with Gasteiger partial charge in [0.2, 0.25) is 0 Å². The summed E-state index contributed by atoms with van der Waals surface area (Å²) in [5, 5.41) is 21.4. The highest BCUT2D eigenvalue weighted by atomic mass is 35.5. The maximum Gasteiger partial charge on any atom is 0.335 e. The van der Waals surface area contributed by atoms with Crippen molar-refractivity contribution in [2.45, 2.75) is 44.1 Å². The number of carbonyl (C=O) groups excluding carboxylic acids is 1. The Labute approximate surface area is 217 Å². The first-order chi connectivity index (χ1) is 17.0. The number of fused-ring (bicyclic) bond motifs is 3. The number of likely N-dealkylation sites (tertiary alicyclic amines) is 1. The third-order valence-electron chi connectivity index (χ3n) is 7.94. The molecule has 1 saturated carbocycles. The van der Waals surface area contributed by atoms with Gasteiger partial charge in [0, 0.05) is 42.1 Å². The van der Waals surface area contributed by atoms with Crippen LogP contribution in [0.5, 0.6) is 5.75 Å². The Bertz CT molecular complexity index is 1140. The number of carbonyl (C=O) groups is 2. The molecule has 2 fully saturated rings. The zero-order valence-electron chi connectivity index (χ0n) is 20.2. The Morgan fingerprint density at radius 3 is 2.47 bits per heavy atom. The predicted octanol–water partition coefficient (Wildman–Crippen LogP) is 4.46. The summed E-state index contributed by atoms with van der Waals surface area (Å²) in [4.78, 5) is 26.1. The summed E-state index contributed by atoms with van der Waals surface area (Å²) in [7, 11) is 0. The van der Waals surface area contributed by atoms with Gasteiger partial charge in [-0.1, -0.05) is 0 Å². The number of carboxylic acids is 1. The van der Waals surface area contributed by atoms with Crippen molar-refractivity contribution in [2.24, 2.45) is 11.8 Å². The molecule has 0 unspecified atom stereocenters. The van der Waals surface area contributed by atoms with Crippen molar-refractivity contribution in [3.63, 3.8) is 0 Å². The molecule has 2 aromatic rings. The molecule has 0 bridgehead atoms. The number of halogens is 1. The molecule has 1 amide bonds. The second kappa shape index (κ2) is 11.3. The minimum absolute atomic E-state index is 0. The largest absolute Gasteiger partial charge is 0.493 e. The molecular weight excluding hydrogens is 478 g/mol. The summed E-state index contributed by atoms with van der Waals surface area (Å²) < 4.78 is 5.97. The monoisotopic (exact) mass is 509 g/mol. The molecule has 3 aliphatic rings. The Morgan fingerprint density at radius 2 is 1.78 bits per heavy atom. The lowest BCUT2D eigenvalue weighted by Crippen LogP contribution is -2.38. The van der Waals surface area contributed by atoms with Crippen LogP contribution in [0.3, 0.4) is 0 Å². The first-order valence-corrected chi connectivity index (χ1v) is 12.5. The Kier molecular flexibility index (Phi) is 8.17. The maximum atomic E-state index is 12.5. The van der Waals surface area contributed by atoms with Gasteiger partial charge in [-0.3, -0.25) is 4.79 Å². The molecule has 2 atom stereocenters. The van der Waals surface area contributed by atoms with Gasteiger partial charge in [0.05, 0.1) is 23.8 Å². The maximum absolute atomic E-state index is 12.5. The molecule has 0 aromatic heterocycles. The van der Waals surface area contributed by atoms with Crippen molar-refractivity contribution >= 4 is 24.3 Å². The van der Waals surface area contributed by atoms with Gasteiger partial charge in [-0.2, -0.15) is 5.26 Å². The molecule has 2 aliphatic heterocycles. The highest BCUT2D eigenvalue weighted by Gasteiger charge is 2.39. The Hall–Kier alpha value is -3.08. The van der Waals surface area contributed by atoms with Gasteiger partial charge >= 0.3 is 5.97 Å². The minimum atomic E-state index is -0.991. The molecule has 2 aromatic carbocycles. The van der Waals surface area contributed by atoms with E-state index in [0.717, 1.165) is 57.7 Å². The number of nitrogens with one attached hydrogen (secondary N) is 1. The number of nitrogens with zero attached hydrogens (tertiary/aromatic N) is 2. The summed E-state index contributed by atoms with van der Waals surface area (Å²) in [5.41, 5.74) is 2.58. The fourth-order valence-corrected chi connectivity index (χ4v) is 5.89. The molecule has 8 heteroatoms. The van der Waals surface area contributed by atoms with Crippen LogP contribution in [0.25, 0.3) is 0 Å². The van der Waals surface area contributed by atoms with Gasteiger partial charge in [-0.15, -0.1) is 12.4 Å². The van der Waals surface area contributed by atoms with Crippen molar-refractivity contribution in [3.05, 3.63) is 64.7 Å². The summed E-state index contributed by atoms with van der Waals surface area (Å²) >= 11 is 0. The van der Waals surface area contributed by atoms with Crippen molar-refractivity contribution in [2.75, 3.05) is 26.2 Å². The number of ether oxygens (including phenoxy) is 1. The van der Waals surface area contributed by atoms with E-state index in [1.54, 1.807) is 12.1 Å². The average molecular weight is 510 g/mol. The number of benzene rings is 2. The smallest absolute Gasteiger partial charge is 0.335 e. The number of aromatic carboxylic acids is 1. The zero-order valence-corrected chi connectivity index (χ0v) is 21.0. The molecule has 5 rings (SSSR count). The standard InChI is InChI=1S/C28H31N3O4.ClH/c29-14-19-3-10-26-24(13-19)25-16-31(15-22(25)17-35-26)12-11-18-1-8-23(9-2-18)30-27(32)20-4-6-21(7-5-20)28(33)34;/h3-7,10,13,18,22-23,25H,1-2,8-9,11-12,15-17H2,(H,30,32)(H,33,34);1H/t18?,22-,23?,25+;/m0./s1. The van der Waals surface area contributed by atoms with E-state index in [1.807, 2.05) is 18.2 Å². The van der Waals surface area contributed by atoms with Crippen LogP contribution in [-0.2, 0) is 0 Å². The number of carboxylic acid groups (broad SMARTS) is 1. The zero-order chi connectivity index (χ0) is 24.4. The van der Waals surface area contributed by atoms with E-state index < -0.39 is 5.97 Å². The summed E-state index contributed by atoms with van der Waals surface area (Å²) in [5.74, 6) is 1.43. The summed E-state index contributed by atoms with van der Waals surface area (Å²) in [6, 6.07) is 14.3. The van der Waals surface area contributed by atoms with Gasteiger partial charge in [0.1, 0.15) is 5.75 Å². The lowest BCUT2D eigenvalue weighted by molar-refractivity contribution is 0.0696. The molecule has 2 N–H and O–H groups in total. The van der Waals surface area contributed by atoms with E-state index in [0.29, 0.717) is 28.9 Å². The van der Waals surface area contributed by atoms with Gasteiger partial charge in [0.15, 0.2) is 0 Å². The molecule has 0 spiro atoms. The Morgan fingerprint density at radius 1 is 1.06 bits per heavy atom. The fourth-order valence-electron chi connectivity index (χ4n) is 5.89. The van der Waals surface area contributed by atoms with Crippen LogP contribution in [0, 0.1) is 23.2 Å². The molecule has 7 nitrogen and oxygen atoms in total. The van der Waals surface area contributed by atoms with E-state index in [9.17, 15) is 14.9 Å². The highest BCUT2D eigenvalue weighted by molar-refractivity contribution is 5.96. The summed E-state index contributed by atoms with van der Waals surface area (Å²) in [6.07, 6.45) is 5.35. The van der Waals surface area contributed by atoms with Crippen molar-refractivity contribution in [1.82, 2.24) is 10.2 Å². The highest BCUT2D eigenvalue weighted by Crippen LogP contribution is 2.42.